The predicted molar refractivity (Wildman–Crippen MR) is 110 cm³/mol. The van der Waals surface area contributed by atoms with Crippen molar-refractivity contribution in [1.29, 1.82) is 0 Å². The lowest BCUT2D eigenvalue weighted by Gasteiger charge is -2.23. The first-order chi connectivity index (χ1) is 13.7. The molecule has 3 aromatic rings. The second-order valence-corrected chi connectivity index (χ2v) is 7.63. The highest BCUT2D eigenvalue weighted by molar-refractivity contribution is 7.99. The van der Waals surface area contributed by atoms with Gasteiger partial charge in [-0.1, -0.05) is 30.0 Å². The van der Waals surface area contributed by atoms with Crippen LogP contribution < -0.4 is 10.3 Å². The molecule has 4 rings (SSSR count). The molecule has 1 fully saturated rings. The van der Waals surface area contributed by atoms with Crippen LogP contribution in [0, 0.1) is 6.92 Å². The van der Waals surface area contributed by atoms with E-state index in [1.54, 1.807) is 17.7 Å². The molecular formula is C21H22N2O4S. The van der Waals surface area contributed by atoms with E-state index in [1.807, 2.05) is 43.3 Å². The van der Waals surface area contributed by atoms with Crippen LogP contribution in [0.4, 0.5) is 0 Å². The van der Waals surface area contributed by atoms with Gasteiger partial charge in [-0.25, -0.2) is 4.98 Å². The highest BCUT2D eigenvalue weighted by atomic mass is 32.2. The highest BCUT2D eigenvalue weighted by Crippen LogP contribution is 2.29. The number of hydrogen-bond donors (Lipinski definition) is 0. The summed E-state index contributed by atoms with van der Waals surface area (Å²) >= 11 is 1.52. The Balaban J connectivity index is 1.84. The first-order valence-corrected chi connectivity index (χ1v) is 10.1. The SMILES string of the molecule is COc1ccc(C)cc1-n1c(SC[C@H]2CCOCO2)nc2ccccc2c1=O. The summed E-state index contributed by atoms with van der Waals surface area (Å²) in [5.41, 5.74) is 2.32. The average molecular weight is 398 g/mol. The Morgan fingerprint density at radius 1 is 1.29 bits per heavy atom. The third kappa shape index (κ3) is 3.78. The monoisotopic (exact) mass is 398 g/mol. The van der Waals surface area contributed by atoms with Crippen molar-refractivity contribution in [2.75, 3.05) is 26.3 Å². The average Bonchev–Trinajstić information content (AvgIpc) is 2.73. The van der Waals surface area contributed by atoms with Gasteiger partial charge < -0.3 is 14.2 Å². The van der Waals surface area contributed by atoms with E-state index in [0.29, 0.717) is 46.6 Å². The number of methoxy groups -OCH3 is 1. The maximum atomic E-state index is 13.4. The molecule has 1 atom stereocenters. The Morgan fingerprint density at radius 3 is 2.93 bits per heavy atom. The molecule has 0 amide bonds. The van der Waals surface area contributed by atoms with Crippen molar-refractivity contribution < 1.29 is 14.2 Å². The van der Waals surface area contributed by atoms with Gasteiger partial charge in [-0.3, -0.25) is 9.36 Å². The fourth-order valence-corrected chi connectivity index (χ4v) is 4.27. The summed E-state index contributed by atoms with van der Waals surface area (Å²) in [5, 5.41) is 1.21. The van der Waals surface area contributed by atoms with Crippen molar-refractivity contribution in [1.82, 2.24) is 9.55 Å². The summed E-state index contributed by atoms with van der Waals surface area (Å²) in [6.45, 7) is 2.99. The number of fused-ring (bicyclic) bond motifs is 1. The molecule has 0 radical (unpaired) electrons. The van der Waals surface area contributed by atoms with Gasteiger partial charge >= 0.3 is 0 Å². The minimum atomic E-state index is -0.107. The molecular weight excluding hydrogens is 376 g/mol. The molecule has 2 heterocycles. The van der Waals surface area contributed by atoms with Gasteiger partial charge in [-0.15, -0.1) is 0 Å². The van der Waals surface area contributed by atoms with Gasteiger partial charge in [-0.05, 0) is 43.2 Å². The number of rotatable bonds is 5. The second-order valence-electron chi connectivity index (χ2n) is 6.64. The van der Waals surface area contributed by atoms with E-state index in [1.165, 1.54) is 11.8 Å². The third-order valence-corrected chi connectivity index (χ3v) is 5.76. The number of aryl methyl sites for hydroxylation is 1. The van der Waals surface area contributed by atoms with Gasteiger partial charge in [0.15, 0.2) is 5.16 Å². The van der Waals surface area contributed by atoms with E-state index in [-0.39, 0.29) is 11.7 Å². The molecule has 1 saturated heterocycles. The number of hydrogen-bond acceptors (Lipinski definition) is 6. The maximum Gasteiger partial charge on any atom is 0.266 e. The lowest BCUT2D eigenvalue weighted by Crippen LogP contribution is -2.27. The molecule has 0 spiro atoms. The normalized spacial score (nSPS) is 17.0. The van der Waals surface area contributed by atoms with Crippen LogP contribution in [0.25, 0.3) is 16.6 Å². The zero-order valence-corrected chi connectivity index (χ0v) is 16.7. The van der Waals surface area contributed by atoms with Crippen molar-refractivity contribution in [3.63, 3.8) is 0 Å². The molecule has 28 heavy (non-hydrogen) atoms. The summed E-state index contributed by atoms with van der Waals surface area (Å²) in [6.07, 6.45) is 0.911. The number of ether oxygens (including phenoxy) is 3. The van der Waals surface area contributed by atoms with E-state index in [9.17, 15) is 4.79 Å². The first kappa shape index (κ1) is 19.0. The molecule has 0 saturated carbocycles. The summed E-state index contributed by atoms with van der Waals surface area (Å²) in [6, 6.07) is 13.2. The number of nitrogens with zero attached hydrogens (tertiary/aromatic N) is 2. The third-order valence-electron chi connectivity index (χ3n) is 4.69. The van der Waals surface area contributed by atoms with E-state index >= 15 is 0 Å². The van der Waals surface area contributed by atoms with Crippen LogP contribution in [0.5, 0.6) is 5.75 Å². The minimum absolute atomic E-state index is 0.0787. The quantitative estimate of drug-likeness (QED) is 0.484. The number of thioether (sulfide) groups is 1. The molecule has 0 unspecified atom stereocenters. The van der Waals surface area contributed by atoms with E-state index < -0.39 is 0 Å². The highest BCUT2D eigenvalue weighted by Gasteiger charge is 2.20. The largest absolute Gasteiger partial charge is 0.495 e. The number of aromatic nitrogens is 2. The molecule has 7 heteroatoms. The summed E-state index contributed by atoms with van der Waals surface area (Å²) < 4.78 is 18.1. The molecule has 1 aliphatic rings. The van der Waals surface area contributed by atoms with Crippen molar-refractivity contribution in [2.24, 2.45) is 0 Å². The van der Waals surface area contributed by atoms with Crippen LogP contribution in [0.3, 0.4) is 0 Å². The number of benzene rings is 2. The molecule has 0 aliphatic carbocycles. The topological polar surface area (TPSA) is 62.6 Å². The van der Waals surface area contributed by atoms with Gasteiger partial charge in [0, 0.05) is 5.75 Å². The Kier molecular flexibility index (Phi) is 5.66. The second kappa shape index (κ2) is 8.34. The maximum absolute atomic E-state index is 13.4. The van der Waals surface area contributed by atoms with Crippen LogP contribution >= 0.6 is 11.8 Å². The summed E-state index contributed by atoms with van der Waals surface area (Å²) in [4.78, 5) is 18.2. The van der Waals surface area contributed by atoms with E-state index in [2.05, 4.69) is 0 Å². The van der Waals surface area contributed by atoms with Crippen LogP contribution in [-0.2, 0) is 9.47 Å². The van der Waals surface area contributed by atoms with Crippen molar-refractivity contribution in [3.05, 3.63) is 58.4 Å². The fourth-order valence-electron chi connectivity index (χ4n) is 3.20. The standard InChI is InChI=1S/C21H22N2O4S/c1-14-7-8-19(25-2)18(11-14)23-20(24)16-5-3-4-6-17(16)22-21(23)28-12-15-9-10-26-13-27-15/h3-8,11,15H,9-10,12-13H2,1-2H3/t15-/m1/s1. The van der Waals surface area contributed by atoms with Crippen LogP contribution in [0.15, 0.2) is 52.4 Å². The van der Waals surface area contributed by atoms with E-state index in [0.717, 1.165) is 12.0 Å². The van der Waals surface area contributed by atoms with Crippen LogP contribution in [-0.4, -0.2) is 41.9 Å². The van der Waals surface area contributed by atoms with Crippen molar-refractivity contribution in [2.45, 2.75) is 24.6 Å². The predicted octanol–water partition coefficient (Wildman–Crippen LogP) is 3.56. The smallest absolute Gasteiger partial charge is 0.266 e. The van der Waals surface area contributed by atoms with Gasteiger partial charge in [0.25, 0.3) is 5.56 Å². The zero-order chi connectivity index (χ0) is 19.5. The minimum Gasteiger partial charge on any atom is -0.495 e. The Labute approximate surface area is 167 Å². The fraction of sp³-hybridized carbons (Fsp3) is 0.333. The van der Waals surface area contributed by atoms with Crippen LogP contribution in [0.1, 0.15) is 12.0 Å². The molecule has 0 N–H and O–H groups in total. The van der Waals surface area contributed by atoms with E-state index in [4.69, 9.17) is 19.2 Å². The lowest BCUT2D eigenvalue weighted by molar-refractivity contribution is -0.130. The van der Waals surface area contributed by atoms with Gasteiger partial charge in [0.05, 0.1) is 36.4 Å². The molecule has 2 aromatic carbocycles. The van der Waals surface area contributed by atoms with Crippen LogP contribution in [0.2, 0.25) is 0 Å². The van der Waals surface area contributed by atoms with Gasteiger partial charge in [-0.2, -0.15) is 0 Å². The molecule has 6 nitrogen and oxygen atoms in total. The van der Waals surface area contributed by atoms with Gasteiger partial charge in [0.2, 0.25) is 0 Å². The number of para-hydroxylation sites is 1. The summed E-state index contributed by atoms with van der Waals surface area (Å²) in [5.74, 6) is 1.33. The molecule has 1 aromatic heterocycles. The summed E-state index contributed by atoms with van der Waals surface area (Å²) in [7, 11) is 1.61. The van der Waals surface area contributed by atoms with Crippen molar-refractivity contribution in [3.8, 4) is 11.4 Å². The van der Waals surface area contributed by atoms with Gasteiger partial charge in [0.1, 0.15) is 12.5 Å². The zero-order valence-electron chi connectivity index (χ0n) is 15.9. The Hall–Kier alpha value is -2.35. The first-order valence-electron chi connectivity index (χ1n) is 9.16. The molecule has 1 aliphatic heterocycles. The molecule has 0 bridgehead atoms. The Morgan fingerprint density at radius 2 is 2.14 bits per heavy atom. The lowest BCUT2D eigenvalue weighted by atomic mass is 10.2. The molecule has 146 valence electrons. The van der Waals surface area contributed by atoms with Crippen molar-refractivity contribution >= 4 is 22.7 Å². The Bertz CT molecular complexity index is 1040.